The molecule has 4 rings (SSSR count). The Labute approximate surface area is 164 Å². The SMILES string of the molecule is Cc1cccc2nc(CNC(=O)CC(c3ccccc3)c3ccccc3)cn12. The topological polar surface area (TPSA) is 46.4 Å². The third-order valence-electron chi connectivity index (χ3n) is 5.01. The van der Waals surface area contributed by atoms with Gasteiger partial charge in [0.1, 0.15) is 5.65 Å². The summed E-state index contributed by atoms with van der Waals surface area (Å²) < 4.78 is 2.04. The minimum Gasteiger partial charge on any atom is -0.350 e. The van der Waals surface area contributed by atoms with E-state index in [0.717, 1.165) is 28.2 Å². The second kappa shape index (κ2) is 8.09. The molecule has 0 aliphatic heterocycles. The summed E-state index contributed by atoms with van der Waals surface area (Å²) in [5.41, 5.74) is 5.17. The lowest BCUT2D eigenvalue weighted by Gasteiger charge is -2.17. The van der Waals surface area contributed by atoms with Crippen molar-refractivity contribution < 1.29 is 4.79 Å². The molecule has 4 aromatic rings. The number of hydrogen-bond acceptors (Lipinski definition) is 2. The van der Waals surface area contributed by atoms with Gasteiger partial charge in [0.15, 0.2) is 0 Å². The standard InChI is InChI=1S/C24H23N3O/c1-18-9-8-14-23-26-21(17-27(18)23)16-25-24(28)15-22(19-10-4-2-5-11-19)20-12-6-3-7-13-20/h2-14,17,22H,15-16H2,1H3,(H,25,28). The number of amides is 1. The molecule has 2 aromatic carbocycles. The Hall–Kier alpha value is -3.40. The normalized spacial score (nSPS) is 11.1. The number of pyridine rings is 1. The third-order valence-corrected chi connectivity index (χ3v) is 5.01. The van der Waals surface area contributed by atoms with Crippen molar-refractivity contribution in [3.63, 3.8) is 0 Å². The van der Waals surface area contributed by atoms with Crippen molar-refractivity contribution in [2.45, 2.75) is 25.8 Å². The van der Waals surface area contributed by atoms with Crippen LogP contribution in [-0.4, -0.2) is 15.3 Å². The molecule has 2 aromatic heterocycles. The van der Waals surface area contributed by atoms with Crippen LogP contribution in [0.2, 0.25) is 0 Å². The molecular formula is C24H23N3O. The van der Waals surface area contributed by atoms with Crippen LogP contribution in [0.3, 0.4) is 0 Å². The van der Waals surface area contributed by atoms with Gasteiger partial charge in [-0.2, -0.15) is 0 Å². The molecule has 28 heavy (non-hydrogen) atoms. The molecule has 0 radical (unpaired) electrons. The molecule has 4 heteroatoms. The molecule has 0 saturated heterocycles. The molecule has 0 aliphatic carbocycles. The van der Waals surface area contributed by atoms with Crippen LogP contribution >= 0.6 is 0 Å². The molecule has 0 atom stereocenters. The van der Waals surface area contributed by atoms with Crippen LogP contribution < -0.4 is 5.32 Å². The van der Waals surface area contributed by atoms with Gasteiger partial charge in [-0.15, -0.1) is 0 Å². The van der Waals surface area contributed by atoms with Gasteiger partial charge in [0.05, 0.1) is 12.2 Å². The summed E-state index contributed by atoms with van der Waals surface area (Å²) in [5, 5.41) is 3.03. The number of fused-ring (bicyclic) bond motifs is 1. The molecular weight excluding hydrogens is 346 g/mol. The second-order valence-electron chi connectivity index (χ2n) is 6.98. The number of benzene rings is 2. The fourth-order valence-electron chi connectivity index (χ4n) is 3.53. The second-order valence-corrected chi connectivity index (χ2v) is 6.98. The highest BCUT2D eigenvalue weighted by Crippen LogP contribution is 2.27. The van der Waals surface area contributed by atoms with Crippen LogP contribution in [-0.2, 0) is 11.3 Å². The van der Waals surface area contributed by atoms with Crippen molar-refractivity contribution in [3.8, 4) is 0 Å². The van der Waals surface area contributed by atoms with E-state index in [1.165, 1.54) is 0 Å². The Morgan fingerprint density at radius 3 is 2.18 bits per heavy atom. The lowest BCUT2D eigenvalue weighted by molar-refractivity contribution is -0.121. The van der Waals surface area contributed by atoms with Crippen molar-refractivity contribution in [1.82, 2.24) is 14.7 Å². The Morgan fingerprint density at radius 2 is 1.57 bits per heavy atom. The lowest BCUT2D eigenvalue weighted by Crippen LogP contribution is -2.25. The van der Waals surface area contributed by atoms with E-state index in [1.54, 1.807) is 0 Å². The van der Waals surface area contributed by atoms with Crippen LogP contribution in [0.25, 0.3) is 5.65 Å². The highest BCUT2D eigenvalue weighted by molar-refractivity contribution is 5.77. The van der Waals surface area contributed by atoms with E-state index in [1.807, 2.05) is 72.1 Å². The van der Waals surface area contributed by atoms with Gasteiger partial charge in [0, 0.05) is 24.2 Å². The predicted octanol–water partition coefficient (Wildman–Crippen LogP) is 4.48. The first kappa shape index (κ1) is 18.0. The van der Waals surface area contributed by atoms with Gasteiger partial charge in [0.25, 0.3) is 0 Å². The molecule has 1 N–H and O–H groups in total. The Kier molecular flexibility index (Phi) is 5.20. The van der Waals surface area contributed by atoms with E-state index in [-0.39, 0.29) is 11.8 Å². The zero-order valence-corrected chi connectivity index (χ0v) is 15.9. The van der Waals surface area contributed by atoms with Gasteiger partial charge in [-0.1, -0.05) is 66.7 Å². The summed E-state index contributed by atoms with van der Waals surface area (Å²) in [7, 11) is 0. The van der Waals surface area contributed by atoms with Gasteiger partial charge in [-0.25, -0.2) is 4.98 Å². The average Bonchev–Trinajstić information content (AvgIpc) is 3.16. The number of hydrogen-bond donors (Lipinski definition) is 1. The fourth-order valence-corrected chi connectivity index (χ4v) is 3.53. The molecule has 0 aliphatic rings. The van der Waals surface area contributed by atoms with Crippen molar-refractivity contribution in [2.75, 3.05) is 0 Å². The number of imidazole rings is 1. The molecule has 0 spiro atoms. The molecule has 0 unspecified atom stereocenters. The molecule has 140 valence electrons. The first-order valence-corrected chi connectivity index (χ1v) is 9.51. The van der Waals surface area contributed by atoms with E-state index >= 15 is 0 Å². The van der Waals surface area contributed by atoms with E-state index in [2.05, 4.69) is 34.6 Å². The number of aromatic nitrogens is 2. The molecule has 0 bridgehead atoms. The predicted molar refractivity (Wildman–Crippen MR) is 111 cm³/mol. The molecule has 1 amide bonds. The summed E-state index contributed by atoms with van der Waals surface area (Å²) in [6.07, 6.45) is 2.39. The van der Waals surface area contributed by atoms with Gasteiger partial charge < -0.3 is 9.72 Å². The Bertz CT molecular complexity index is 1030. The Balaban J connectivity index is 1.47. The van der Waals surface area contributed by atoms with Crippen LogP contribution in [0.4, 0.5) is 0 Å². The summed E-state index contributed by atoms with van der Waals surface area (Å²) in [5.74, 6) is 0.0530. The van der Waals surface area contributed by atoms with Crippen molar-refractivity contribution in [2.24, 2.45) is 0 Å². The third kappa shape index (κ3) is 3.96. The van der Waals surface area contributed by atoms with E-state index in [4.69, 9.17) is 0 Å². The van der Waals surface area contributed by atoms with Crippen LogP contribution in [0.1, 0.15) is 34.9 Å². The smallest absolute Gasteiger partial charge is 0.221 e. The maximum absolute atomic E-state index is 12.7. The van der Waals surface area contributed by atoms with E-state index in [0.29, 0.717) is 13.0 Å². The number of nitrogens with zero attached hydrogens (tertiary/aromatic N) is 2. The van der Waals surface area contributed by atoms with Crippen molar-refractivity contribution in [1.29, 1.82) is 0 Å². The van der Waals surface area contributed by atoms with E-state index < -0.39 is 0 Å². The van der Waals surface area contributed by atoms with Crippen molar-refractivity contribution >= 4 is 11.6 Å². The highest BCUT2D eigenvalue weighted by Gasteiger charge is 2.18. The van der Waals surface area contributed by atoms with Crippen LogP contribution in [0.15, 0.2) is 85.1 Å². The molecule has 2 heterocycles. The fraction of sp³-hybridized carbons (Fsp3) is 0.167. The maximum atomic E-state index is 12.7. The number of nitrogens with one attached hydrogen (secondary N) is 1. The zero-order chi connectivity index (χ0) is 19.3. The number of aryl methyl sites for hydroxylation is 1. The first-order valence-electron chi connectivity index (χ1n) is 9.51. The number of carbonyl (C=O) groups is 1. The molecule has 0 fully saturated rings. The van der Waals surface area contributed by atoms with Gasteiger partial charge in [-0.3, -0.25) is 4.79 Å². The van der Waals surface area contributed by atoms with Crippen LogP contribution in [0.5, 0.6) is 0 Å². The average molecular weight is 369 g/mol. The largest absolute Gasteiger partial charge is 0.350 e. The molecule has 4 nitrogen and oxygen atoms in total. The quantitative estimate of drug-likeness (QED) is 0.545. The van der Waals surface area contributed by atoms with Gasteiger partial charge in [-0.05, 0) is 30.2 Å². The number of rotatable bonds is 6. The zero-order valence-electron chi connectivity index (χ0n) is 15.9. The first-order chi connectivity index (χ1) is 13.7. The van der Waals surface area contributed by atoms with Crippen molar-refractivity contribution in [3.05, 3.63) is 108 Å². The lowest BCUT2D eigenvalue weighted by atomic mass is 9.88. The van der Waals surface area contributed by atoms with Gasteiger partial charge in [0.2, 0.25) is 5.91 Å². The van der Waals surface area contributed by atoms with Crippen LogP contribution in [0, 0.1) is 6.92 Å². The number of carbonyl (C=O) groups excluding carboxylic acids is 1. The highest BCUT2D eigenvalue weighted by atomic mass is 16.1. The monoisotopic (exact) mass is 369 g/mol. The maximum Gasteiger partial charge on any atom is 0.221 e. The summed E-state index contributed by atoms with van der Waals surface area (Å²) >= 11 is 0. The Morgan fingerprint density at radius 1 is 0.929 bits per heavy atom. The van der Waals surface area contributed by atoms with Gasteiger partial charge >= 0.3 is 0 Å². The summed E-state index contributed by atoms with van der Waals surface area (Å²) in [6.45, 7) is 2.47. The summed E-state index contributed by atoms with van der Waals surface area (Å²) in [6, 6.07) is 26.4. The van der Waals surface area contributed by atoms with E-state index in [9.17, 15) is 4.79 Å². The minimum absolute atomic E-state index is 0.0199. The minimum atomic E-state index is 0.0199. The molecule has 0 saturated carbocycles. The summed E-state index contributed by atoms with van der Waals surface area (Å²) in [4.78, 5) is 17.3.